The predicted molar refractivity (Wildman–Crippen MR) is 102 cm³/mol. The van der Waals surface area contributed by atoms with Crippen LogP contribution in [0.5, 0.6) is 11.5 Å². The van der Waals surface area contributed by atoms with Gasteiger partial charge in [-0.3, -0.25) is 4.79 Å². The van der Waals surface area contributed by atoms with Gasteiger partial charge in [0.2, 0.25) is 0 Å². The lowest BCUT2D eigenvalue weighted by Gasteiger charge is -2.18. The van der Waals surface area contributed by atoms with Crippen LogP contribution in [0.3, 0.4) is 0 Å². The number of nitrogens with one attached hydrogen (secondary N) is 1. The second-order valence-corrected chi connectivity index (χ2v) is 7.04. The van der Waals surface area contributed by atoms with E-state index in [9.17, 15) is 4.79 Å². The van der Waals surface area contributed by atoms with Crippen molar-refractivity contribution in [2.75, 3.05) is 13.2 Å². The summed E-state index contributed by atoms with van der Waals surface area (Å²) in [5.74, 6) is 1.07. The average Bonchev–Trinajstić information content (AvgIpc) is 3.18. The molecule has 1 aliphatic heterocycles. The molecule has 2 aromatic carbocycles. The highest BCUT2D eigenvalue weighted by Gasteiger charge is 2.17. The smallest absolute Gasteiger partial charge is 0.273 e. The zero-order valence-electron chi connectivity index (χ0n) is 14.6. The third-order valence-electron chi connectivity index (χ3n) is 4.23. The summed E-state index contributed by atoms with van der Waals surface area (Å²) in [6.45, 7) is 2.97. The number of amides is 1. The van der Waals surface area contributed by atoms with E-state index in [1.165, 1.54) is 4.68 Å². The Morgan fingerprint density at radius 1 is 1.15 bits per heavy atom. The molecule has 0 saturated heterocycles. The van der Waals surface area contributed by atoms with Crippen LogP contribution in [0.15, 0.2) is 53.1 Å². The maximum absolute atomic E-state index is 12.5. The molecular weight excluding hydrogens is 412 g/mol. The van der Waals surface area contributed by atoms with Gasteiger partial charge in [-0.15, -0.1) is 5.10 Å². The van der Waals surface area contributed by atoms with Crippen LogP contribution in [0, 0.1) is 0 Å². The Hall–Kier alpha value is -2.87. The van der Waals surface area contributed by atoms with Crippen molar-refractivity contribution in [1.82, 2.24) is 20.3 Å². The SMILES string of the molecule is CC(NC(=O)c1cn(-c2ccc3c(c2)OCCO3)nn1)c1ccc(Br)cc1. The van der Waals surface area contributed by atoms with Crippen LogP contribution in [0.4, 0.5) is 0 Å². The highest BCUT2D eigenvalue weighted by molar-refractivity contribution is 9.10. The third kappa shape index (κ3) is 3.80. The van der Waals surface area contributed by atoms with E-state index in [0.717, 1.165) is 15.7 Å². The van der Waals surface area contributed by atoms with E-state index >= 15 is 0 Å². The van der Waals surface area contributed by atoms with Gasteiger partial charge in [-0.25, -0.2) is 4.68 Å². The fraction of sp³-hybridized carbons (Fsp3) is 0.211. The molecular formula is C19H17BrN4O3. The molecule has 3 aromatic rings. The second kappa shape index (κ2) is 7.40. The summed E-state index contributed by atoms with van der Waals surface area (Å²) in [7, 11) is 0. The van der Waals surface area contributed by atoms with E-state index in [2.05, 4.69) is 31.6 Å². The Bertz CT molecular complexity index is 971. The first-order chi connectivity index (χ1) is 13.1. The molecule has 1 aromatic heterocycles. The molecule has 1 unspecified atom stereocenters. The van der Waals surface area contributed by atoms with E-state index in [4.69, 9.17) is 9.47 Å². The zero-order chi connectivity index (χ0) is 18.8. The van der Waals surface area contributed by atoms with Gasteiger partial charge in [-0.2, -0.15) is 0 Å². The molecule has 1 aliphatic rings. The number of nitrogens with zero attached hydrogens (tertiary/aromatic N) is 3. The molecule has 1 atom stereocenters. The highest BCUT2D eigenvalue weighted by Crippen LogP contribution is 2.31. The number of carbonyl (C=O) groups excluding carboxylic acids is 1. The molecule has 27 heavy (non-hydrogen) atoms. The predicted octanol–water partition coefficient (Wildman–Crippen LogP) is 3.29. The lowest BCUT2D eigenvalue weighted by Crippen LogP contribution is -2.26. The average molecular weight is 429 g/mol. The number of benzene rings is 2. The summed E-state index contributed by atoms with van der Waals surface area (Å²) in [5.41, 5.74) is 1.99. The topological polar surface area (TPSA) is 78.3 Å². The van der Waals surface area contributed by atoms with E-state index in [1.54, 1.807) is 6.20 Å². The molecule has 138 valence electrons. The van der Waals surface area contributed by atoms with Gasteiger partial charge < -0.3 is 14.8 Å². The normalized spacial score (nSPS) is 13.9. The van der Waals surface area contributed by atoms with Gasteiger partial charge in [0.15, 0.2) is 17.2 Å². The molecule has 2 heterocycles. The van der Waals surface area contributed by atoms with Crippen molar-refractivity contribution in [1.29, 1.82) is 0 Å². The molecule has 7 nitrogen and oxygen atoms in total. The molecule has 0 bridgehead atoms. The van der Waals surface area contributed by atoms with Crippen molar-refractivity contribution in [3.05, 3.63) is 64.4 Å². The van der Waals surface area contributed by atoms with Crippen LogP contribution >= 0.6 is 15.9 Å². The maximum atomic E-state index is 12.5. The third-order valence-corrected chi connectivity index (χ3v) is 4.76. The quantitative estimate of drug-likeness (QED) is 0.689. The van der Waals surface area contributed by atoms with Crippen LogP contribution in [-0.2, 0) is 0 Å². The first-order valence-electron chi connectivity index (χ1n) is 8.49. The maximum Gasteiger partial charge on any atom is 0.273 e. The number of fused-ring (bicyclic) bond motifs is 1. The van der Waals surface area contributed by atoms with Crippen LogP contribution in [0.2, 0.25) is 0 Å². The summed E-state index contributed by atoms with van der Waals surface area (Å²) >= 11 is 3.40. The Morgan fingerprint density at radius 3 is 2.67 bits per heavy atom. The van der Waals surface area contributed by atoms with Gasteiger partial charge in [0, 0.05) is 10.5 Å². The number of halogens is 1. The van der Waals surface area contributed by atoms with E-state index in [0.29, 0.717) is 24.7 Å². The summed E-state index contributed by atoms with van der Waals surface area (Å²) < 4.78 is 13.6. The number of rotatable bonds is 4. The van der Waals surface area contributed by atoms with Gasteiger partial charge in [-0.1, -0.05) is 33.3 Å². The number of hydrogen-bond donors (Lipinski definition) is 1. The molecule has 8 heteroatoms. The number of ether oxygens (including phenoxy) is 2. The lowest BCUT2D eigenvalue weighted by atomic mass is 10.1. The highest BCUT2D eigenvalue weighted by atomic mass is 79.9. The monoisotopic (exact) mass is 428 g/mol. The molecule has 4 rings (SSSR count). The zero-order valence-corrected chi connectivity index (χ0v) is 16.1. The first kappa shape index (κ1) is 17.5. The first-order valence-corrected chi connectivity index (χ1v) is 9.28. The van der Waals surface area contributed by atoms with Crippen molar-refractivity contribution in [3.63, 3.8) is 0 Å². The van der Waals surface area contributed by atoms with Crippen molar-refractivity contribution in [2.24, 2.45) is 0 Å². The Balaban J connectivity index is 1.48. The Kier molecular flexibility index (Phi) is 4.81. The summed E-state index contributed by atoms with van der Waals surface area (Å²) in [5, 5.41) is 11.0. The van der Waals surface area contributed by atoms with Crippen molar-refractivity contribution < 1.29 is 14.3 Å². The minimum Gasteiger partial charge on any atom is -0.486 e. The minimum absolute atomic E-state index is 0.148. The molecule has 1 N–H and O–H groups in total. The van der Waals surface area contributed by atoms with Crippen LogP contribution in [-0.4, -0.2) is 34.1 Å². The van der Waals surface area contributed by atoms with E-state index in [-0.39, 0.29) is 17.6 Å². The standard InChI is InChI=1S/C19H17BrN4O3/c1-12(13-2-4-14(20)5-3-13)21-19(25)16-11-24(23-22-16)15-6-7-17-18(10-15)27-9-8-26-17/h2-7,10-12H,8-9H2,1H3,(H,21,25). The summed E-state index contributed by atoms with van der Waals surface area (Å²) in [4.78, 5) is 12.5. The molecule has 0 radical (unpaired) electrons. The second-order valence-electron chi connectivity index (χ2n) is 6.12. The Labute approximate surface area is 164 Å². The number of carbonyl (C=O) groups is 1. The fourth-order valence-corrected chi connectivity index (χ4v) is 3.04. The molecule has 0 fully saturated rings. The van der Waals surface area contributed by atoms with E-state index in [1.807, 2.05) is 49.4 Å². The van der Waals surface area contributed by atoms with Crippen molar-refractivity contribution >= 4 is 21.8 Å². The lowest BCUT2D eigenvalue weighted by molar-refractivity contribution is 0.0934. The molecule has 0 aliphatic carbocycles. The van der Waals surface area contributed by atoms with Crippen LogP contribution < -0.4 is 14.8 Å². The van der Waals surface area contributed by atoms with Gasteiger partial charge >= 0.3 is 0 Å². The van der Waals surface area contributed by atoms with Crippen molar-refractivity contribution in [2.45, 2.75) is 13.0 Å². The van der Waals surface area contributed by atoms with Gasteiger partial charge in [0.1, 0.15) is 13.2 Å². The number of aromatic nitrogens is 3. The van der Waals surface area contributed by atoms with Crippen molar-refractivity contribution in [3.8, 4) is 17.2 Å². The molecule has 1 amide bonds. The number of hydrogen-bond acceptors (Lipinski definition) is 5. The summed E-state index contributed by atoms with van der Waals surface area (Å²) in [6.07, 6.45) is 1.59. The molecule has 0 spiro atoms. The fourth-order valence-electron chi connectivity index (χ4n) is 2.77. The van der Waals surface area contributed by atoms with Gasteiger partial charge in [0.25, 0.3) is 5.91 Å². The Morgan fingerprint density at radius 2 is 1.89 bits per heavy atom. The van der Waals surface area contributed by atoms with Crippen LogP contribution in [0.1, 0.15) is 29.0 Å². The van der Waals surface area contributed by atoms with Gasteiger partial charge in [-0.05, 0) is 36.8 Å². The minimum atomic E-state index is -0.283. The summed E-state index contributed by atoms with van der Waals surface area (Å²) in [6, 6.07) is 13.1. The van der Waals surface area contributed by atoms with E-state index < -0.39 is 0 Å². The largest absolute Gasteiger partial charge is 0.486 e. The van der Waals surface area contributed by atoms with Crippen LogP contribution in [0.25, 0.3) is 5.69 Å². The molecule has 0 saturated carbocycles. The van der Waals surface area contributed by atoms with Gasteiger partial charge in [0.05, 0.1) is 17.9 Å².